The molecule has 0 N–H and O–H groups in total. The van der Waals surface area contributed by atoms with E-state index in [1.54, 1.807) is 0 Å². The number of halogens is 3. The molecule has 0 radical (unpaired) electrons. The normalized spacial score (nSPS) is 11.1. The van der Waals surface area contributed by atoms with Crippen LogP contribution < -0.4 is 4.74 Å². The molecule has 0 bridgehead atoms. The number of ether oxygens (including phenoxy) is 1. The summed E-state index contributed by atoms with van der Waals surface area (Å²) in [6, 6.07) is 1.85. The number of carbonyl (C=O) groups is 2. The zero-order valence-electron chi connectivity index (χ0n) is 9.09. The minimum atomic E-state index is -4.71. The van der Waals surface area contributed by atoms with Crippen LogP contribution >= 0.6 is 0 Å². The molecule has 92 valence electrons. The van der Waals surface area contributed by atoms with Gasteiger partial charge in [0.15, 0.2) is 5.78 Å². The summed E-state index contributed by atoms with van der Waals surface area (Å²) >= 11 is 0. The highest BCUT2D eigenvalue weighted by atomic mass is 19.4. The highest BCUT2D eigenvalue weighted by Crippen LogP contribution is 2.39. The maximum atomic E-state index is 12.8. The van der Waals surface area contributed by atoms with Crippen molar-refractivity contribution in [2.24, 2.45) is 0 Å². The maximum Gasteiger partial charge on any atom is 0.420 e. The van der Waals surface area contributed by atoms with Gasteiger partial charge >= 0.3 is 6.18 Å². The summed E-state index contributed by atoms with van der Waals surface area (Å²) in [5.41, 5.74) is -1.77. The Balaban J connectivity index is 3.64. The lowest BCUT2D eigenvalue weighted by atomic mass is 9.99. The summed E-state index contributed by atoms with van der Waals surface area (Å²) in [6.45, 7) is 0.999. The first-order chi connectivity index (χ1) is 7.81. The molecule has 0 amide bonds. The average molecular weight is 246 g/mol. The highest BCUT2D eigenvalue weighted by Gasteiger charge is 2.38. The number of alkyl halides is 3. The number of Topliss-reactive ketones (excluding diaryl/α,β-unsaturated/α-hetero) is 1. The summed E-state index contributed by atoms with van der Waals surface area (Å²) in [7, 11) is 1.04. The molecule has 0 atom stereocenters. The maximum absolute atomic E-state index is 12.8. The van der Waals surface area contributed by atoms with Gasteiger partial charge in [-0.2, -0.15) is 13.2 Å². The predicted octanol–water partition coefficient (Wildman–Crippen LogP) is 2.73. The van der Waals surface area contributed by atoms with E-state index in [1.807, 2.05) is 0 Å². The number of hydrogen-bond donors (Lipinski definition) is 0. The molecule has 6 heteroatoms. The van der Waals surface area contributed by atoms with Crippen LogP contribution in [0.3, 0.4) is 0 Å². The molecule has 0 aliphatic carbocycles. The fourth-order valence-electron chi connectivity index (χ4n) is 1.44. The molecule has 0 aliphatic rings. The van der Waals surface area contributed by atoms with E-state index in [0.29, 0.717) is 6.29 Å². The summed E-state index contributed by atoms with van der Waals surface area (Å²) in [5, 5.41) is 0. The minimum absolute atomic E-state index is 0.0416. The number of benzene rings is 1. The standard InChI is InChI=1S/C11H9F3O3/c1-6(16)8-3-7(5-15)4-9(17-2)10(8)11(12,13)14/h3-5H,1-2H3. The van der Waals surface area contributed by atoms with Gasteiger partial charge in [0.25, 0.3) is 0 Å². The largest absolute Gasteiger partial charge is 0.496 e. The van der Waals surface area contributed by atoms with E-state index in [1.165, 1.54) is 0 Å². The third-order valence-corrected chi connectivity index (χ3v) is 2.14. The van der Waals surface area contributed by atoms with Crippen molar-refractivity contribution in [3.05, 3.63) is 28.8 Å². The highest BCUT2D eigenvalue weighted by molar-refractivity contribution is 5.98. The summed E-state index contributed by atoms with van der Waals surface area (Å²) in [4.78, 5) is 21.7. The van der Waals surface area contributed by atoms with Crippen molar-refractivity contribution in [1.29, 1.82) is 0 Å². The van der Waals surface area contributed by atoms with Gasteiger partial charge < -0.3 is 4.74 Å². The summed E-state index contributed by atoms with van der Waals surface area (Å²) < 4.78 is 42.9. The summed E-state index contributed by atoms with van der Waals surface area (Å²) in [6.07, 6.45) is -4.36. The zero-order valence-corrected chi connectivity index (χ0v) is 9.09. The van der Waals surface area contributed by atoms with Crippen LogP contribution in [0.1, 0.15) is 33.2 Å². The zero-order chi connectivity index (χ0) is 13.2. The molecule has 0 saturated carbocycles. The first kappa shape index (κ1) is 13.2. The van der Waals surface area contributed by atoms with Gasteiger partial charge in [0.2, 0.25) is 0 Å². The van der Waals surface area contributed by atoms with E-state index in [2.05, 4.69) is 4.74 Å². The average Bonchev–Trinajstić information content (AvgIpc) is 2.25. The molecule has 0 unspecified atom stereocenters. The number of carbonyl (C=O) groups excluding carboxylic acids is 2. The topological polar surface area (TPSA) is 43.4 Å². The first-order valence-electron chi connectivity index (χ1n) is 4.56. The molecule has 3 nitrogen and oxygen atoms in total. The Labute approximate surface area is 95.2 Å². The van der Waals surface area contributed by atoms with Crippen molar-refractivity contribution in [2.75, 3.05) is 7.11 Å². The van der Waals surface area contributed by atoms with Crippen LogP contribution in [0.25, 0.3) is 0 Å². The Bertz CT molecular complexity index is 464. The second-order valence-corrected chi connectivity index (χ2v) is 3.32. The van der Waals surface area contributed by atoms with Crippen molar-refractivity contribution in [2.45, 2.75) is 13.1 Å². The molecule has 0 aromatic heterocycles. The number of rotatable bonds is 3. The van der Waals surface area contributed by atoms with Crippen LogP contribution in [0.4, 0.5) is 13.2 Å². The monoisotopic (exact) mass is 246 g/mol. The SMILES string of the molecule is COc1cc(C=O)cc(C(C)=O)c1C(F)(F)F. The fourth-order valence-corrected chi connectivity index (χ4v) is 1.44. The lowest BCUT2D eigenvalue weighted by Crippen LogP contribution is -2.14. The molecular formula is C11H9F3O3. The fraction of sp³-hybridized carbons (Fsp3) is 0.273. The lowest BCUT2D eigenvalue weighted by molar-refractivity contribution is -0.139. The third-order valence-electron chi connectivity index (χ3n) is 2.14. The van der Waals surface area contributed by atoms with E-state index in [-0.39, 0.29) is 5.56 Å². The lowest BCUT2D eigenvalue weighted by Gasteiger charge is -2.15. The smallest absolute Gasteiger partial charge is 0.420 e. The van der Waals surface area contributed by atoms with Gasteiger partial charge in [0, 0.05) is 11.1 Å². The van der Waals surface area contributed by atoms with Crippen LogP contribution in [-0.2, 0) is 6.18 Å². The van der Waals surface area contributed by atoms with Crippen LogP contribution in [-0.4, -0.2) is 19.2 Å². The molecule has 0 saturated heterocycles. The van der Waals surface area contributed by atoms with E-state index in [9.17, 15) is 22.8 Å². The third kappa shape index (κ3) is 2.64. The molecule has 0 fully saturated rings. The van der Waals surface area contributed by atoms with E-state index >= 15 is 0 Å². The van der Waals surface area contributed by atoms with Crippen molar-refractivity contribution in [3.63, 3.8) is 0 Å². The molecule has 0 heterocycles. The minimum Gasteiger partial charge on any atom is -0.496 e. The van der Waals surface area contributed by atoms with Gasteiger partial charge in [-0.25, -0.2) is 0 Å². The Morgan fingerprint density at radius 2 is 1.94 bits per heavy atom. The van der Waals surface area contributed by atoms with Gasteiger partial charge in [-0.15, -0.1) is 0 Å². The molecule has 0 aliphatic heterocycles. The Hall–Kier alpha value is -1.85. The number of aldehydes is 1. The molecular weight excluding hydrogens is 237 g/mol. The van der Waals surface area contributed by atoms with Crippen molar-refractivity contribution in [1.82, 2.24) is 0 Å². The number of ketones is 1. The Morgan fingerprint density at radius 1 is 1.35 bits per heavy atom. The summed E-state index contributed by atoms with van der Waals surface area (Å²) in [5.74, 6) is -1.31. The van der Waals surface area contributed by atoms with Crippen LogP contribution in [0.5, 0.6) is 5.75 Å². The predicted molar refractivity (Wildman–Crippen MR) is 53.4 cm³/mol. The van der Waals surface area contributed by atoms with Crippen molar-refractivity contribution < 1.29 is 27.5 Å². The van der Waals surface area contributed by atoms with Gasteiger partial charge in [-0.3, -0.25) is 9.59 Å². The second-order valence-electron chi connectivity index (χ2n) is 3.32. The van der Waals surface area contributed by atoms with Crippen LogP contribution in [0, 0.1) is 0 Å². The van der Waals surface area contributed by atoms with E-state index in [0.717, 1.165) is 26.2 Å². The second kappa shape index (κ2) is 4.57. The van der Waals surface area contributed by atoms with Gasteiger partial charge in [-0.05, 0) is 19.1 Å². The van der Waals surface area contributed by atoms with Crippen LogP contribution in [0.2, 0.25) is 0 Å². The van der Waals surface area contributed by atoms with Gasteiger partial charge in [0.1, 0.15) is 17.6 Å². The van der Waals surface area contributed by atoms with E-state index in [4.69, 9.17) is 0 Å². The Kier molecular flexibility index (Phi) is 3.55. The van der Waals surface area contributed by atoms with E-state index < -0.39 is 28.8 Å². The molecule has 17 heavy (non-hydrogen) atoms. The number of methoxy groups -OCH3 is 1. The Morgan fingerprint density at radius 3 is 2.29 bits per heavy atom. The molecule has 0 spiro atoms. The molecule has 1 aromatic rings. The number of hydrogen-bond acceptors (Lipinski definition) is 3. The van der Waals surface area contributed by atoms with Crippen molar-refractivity contribution >= 4 is 12.1 Å². The quantitative estimate of drug-likeness (QED) is 0.608. The van der Waals surface area contributed by atoms with Crippen LogP contribution in [0.15, 0.2) is 12.1 Å². The molecule has 1 rings (SSSR count). The van der Waals surface area contributed by atoms with Gasteiger partial charge in [-0.1, -0.05) is 0 Å². The van der Waals surface area contributed by atoms with Gasteiger partial charge in [0.05, 0.1) is 7.11 Å². The molecule has 1 aromatic carbocycles. The van der Waals surface area contributed by atoms with Crippen molar-refractivity contribution in [3.8, 4) is 5.75 Å². The first-order valence-corrected chi connectivity index (χ1v) is 4.56.